The molecule has 0 aromatic heterocycles. The largest absolute Gasteiger partial charge is 0.573 e. The molecule has 1 rings (SSSR count). The van der Waals surface area contributed by atoms with Crippen molar-refractivity contribution in [2.24, 2.45) is 0 Å². The maximum atomic E-state index is 12.0. The summed E-state index contributed by atoms with van der Waals surface area (Å²) in [6.07, 6.45) is -3.50. The third-order valence-corrected chi connectivity index (χ3v) is 2.14. The summed E-state index contributed by atoms with van der Waals surface area (Å²) < 4.78 is 44.2. The molecule has 1 aromatic rings. The molecule has 0 fully saturated rings. The lowest BCUT2D eigenvalue weighted by Gasteiger charge is -2.09. The summed E-state index contributed by atoms with van der Waals surface area (Å²) >= 11 is 0. The van der Waals surface area contributed by atoms with E-state index in [1.54, 1.807) is 0 Å². The second kappa shape index (κ2) is 6.78. The Labute approximate surface area is 118 Å². The highest BCUT2D eigenvalue weighted by atomic mass is 19.4. The van der Waals surface area contributed by atoms with Crippen molar-refractivity contribution in [3.8, 4) is 5.75 Å². The number of rotatable bonds is 4. The molecule has 1 N–H and O–H groups in total. The first-order valence-electron chi connectivity index (χ1n) is 5.64. The first-order chi connectivity index (χ1) is 9.71. The summed E-state index contributed by atoms with van der Waals surface area (Å²) in [5, 5.41) is 2.27. The summed E-state index contributed by atoms with van der Waals surface area (Å²) in [4.78, 5) is 22.4. The van der Waals surface area contributed by atoms with Crippen LogP contribution in [0.15, 0.2) is 30.0 Å². The van der Waals surface area contributed by atoms with Gasteiger partial charge in [0.25, 0.3) is 0 Å². The fourth-order valence-electron chi connectivity index (χ4n) is 1.38. The predicted octanol–water partition coefficient (Wildman–Crippen LogP) is 2.24. The van der Waals surface area contributed by atoms with E-state index in [-0.39, 0.29) is 5.70 Å². The van der Waals surface area contributed by atoms with Gasteiger partial charge in [-0.05, 0) is 23.8 Å². The standard InChI is InChI=1S/C13H12F3NO4/c1-8(18)17-11(12(19)20-2)7-9-3-5-10(6-4-9)21-13(14,15)16/h3-7H,1-2H3,(H,17,18)/b11-7-. The van der Waals surface area contributed by atoms with Gasteiger partial charge in [-0.2, -0.15) is 0 Å². The lowest BCUT2D eigenvalue weighted by Crippen LogP contribution is -2.25. The van der Waals surface area contributed by atoms with Crippen molar-refractivity contribution >= 4 is 18.0 Å². The number of hydrogen-bond donors (Lipinski definition) is 1. The van der Waals surface area contributed by atoms with Gasteiger partial charge in [0, 0.05) is 6.92 Å². The first-order valence-corrected chi connectivity index (χ1v) is 5.64. The molecule has 1 aromatic carbocycles. The van der Waals surface area contributed by atoms with Crippen molar-refractivity contribution in [3.63, 3.8) is 0 Å². The molecule has 0 unspecified atom stereocenters. The minimum atomic E-state index is -4.77. The van der Waals surface area contributed by atoms with Crippen LogP contribution in [0.25, 0.3) is 6.08 Å². The quantitative estimate of drug-likeness (QED) is 0.684. The third-order valence-electron chi connectivity index (χ3n) is 2.14. The summed E-state index contributed by atoms with van der Waals surface area (Å²) in [5.41, 5.74) is 0.258. The summed E-state index contributed by atoms with van der Waals surface area (Å²) in [7, 11) is 1.14. The Morgan fingerprint density at radius 1 is 1.19 bits per heavy atom. The van der Waals surface area contributed by atoms with E-state index in [0.29, 0.717) is 5.56 Å². The molecule has 0 aliphatic heterocycles. The molecule has 21 heavy (non-hydrogen) atoms. The summed E-state index contributed by atoms with van der Waals surface area (Å²) in [6, 6.07) is 4.77. The fraction of sp³-hybridized carbons (Fsp3) is 0.231. The van der Waals surface area contributed by atoms with Crippen molar-refractivity contribution < 1.29 is 32.2 Å². The summed E-state index contributed by atoms with van der Waals surface area (Å²) in [5.74, 6) is -1.65. The zero-order chi connectivity index (χ0) is 16.0. The SMILES string of the molecule is COC(=O)/C(=C/c1ccc(OC(F)(F)F)cc1)NC(C)=O. The minimum Gasteiger partial charge on any atom is -0.464 e. The van der Waals surface area contributed by atoms with E-state index in [1.807, 2.05) is 0 Å². The number of methoxy groups -OCH3 is 1. The number of esters is 1. The molecule has 1 amide bonds. The van der Waals surface area contributed by atoms with Crippen LogP contribution >= 0.6 is 0 Å². The number of amides is 1. The van der Waals surface area contributed by atoms with E-state index in [0.717, 1.165) is 19.2 Å². The normalized spacial score (nSPS) is 11.8. The number of nitrogens with one attached hydrogen (secondary N) is 1. The minimum absolute atomic E-state index is 0.130. The van der Waals surface area contributed by atoms with Crippen LogP contribution in [0.5, 0.6) is 5.75 Å². The Hall–Kier alpha value is -2.51. The van der Waals surface area contributed by atoms with Gasteiger partial charge >= 0.3 is 12.3 Å². The van der Waals surface area contributed by atoms with E-state index >= 15 is 0 Å². The number of hydrogen-bond acceptors (Lipinski definition) is 4. The van der Waals surface area contributed by atoms with Crippen LogP contribution in [0.1, 0.15) is 12.5 Å². The highest BCUT2D eigenvalue weighted by Gasteiger charge is 2.30. The van der Waals surface area contributed by atoms with Crippen LogP contribution in [-0.4, -0.2) is 25.3 Å². The Kier molecular flexibility index (Phi) is 5.34. The van der Waals surface area contributed by atoms with Gasteiger partial charge in [0.2, 0.25) is 5.91 Å². The molecule has 0 bridgehead atoms. The second-order valence-corrected chi connectivity index (χ2v) is 3.85. The van der Waals surface area contributed by atoms with Crippen LogP contribution in [0.2, 0.25) is 0 Å². The van der Waals surface area contributed by atoms with Gasteiger partial charge in [-0.15, -0.1) is 13.2 Å². The molecule has 0 atom stereocenters. The molecule has 5 nitrogen and oxygen atoms in total. The molecule has 8 heteroatoms. The predicted molar refractivity (Wildman–Crippen MR) is 66.9 cm³/mol. The molecule has 0 heterocycles. The maximum absolute atomic E-state index is 12.0. The Balaban J connectivity index is 2.95. The molecular formula is C13H12F3NO4. The highest BCUT2D eigenvalue weighted by molar-refractivity contribution is 5.97. The number of carbonyl (C=O) groups is 2. The number of benzene rings is 1. The average molecular weight is 303 g/mol. The van der Waals surface area contributed by atoms with Crippen molar-refractivity contribution in [3.05, 3.63) is 35.5 Å². The number of alkyl halides is 3. The van der Waals surface area contributed by atoms with E-state index in [4.69, 9.17) is 0 Å². The number of carbonyl (C=O) groups excluding carboxylic acids is 2. The van der Waals surface area contributed by atoms with Gasteiger partial charge in [-0.3, -0.25) is 4.79 Å². The van der Waals surface area contributed by atoms with Gasteiger partial charge < -0.3 is 14.8 Å². The van der Waals surface area contributed by atoms with Gasteiger partial charge in [-0.25, -0.2) is 4.79 Å². The van der Waals surface area contributed by atoms with Crippen LogP contribution in [-0.2, 0) is 14.3 Å². The molecule has 0 saturated heterocycles. The number of ether oxygens (including phenoxy) is 2. The zero-order valence-electron chi connectivity index (χ0n) is 11.2. The van der Waals surface area contributed by atoms with Crippen LogP contribution in [0.4, 0.5) is 13.2 Å². The fourth-order valence-corrected chi connectivity index (χ4v) is 1.38. The lowest BCUT2D eigenvalue weighted by atomic mass is 10.2. The van der Waals surface area contributed by atoms with Crippen LogP contribution in [0, 0.1) is 0 Å². The van der Waals surface area contributed by atoms with Gasteiger partial charge in [0.15, 0.2) is 0 Å². The molecular weight excluding hydrogens is 291 g/mol. The van der Waals surface area contributed by atoms with Crippen molar-refractivity contribution in [2.45, 2.75) is 13.3 Å². The van der Waals surface area contributed by atoms with E-state index in [9.17, 15) is 22.8 Å². The summed E-state index contributed by atoms with van der Waals surface area (Å²) in [6.45, 7) is 1.21. The topological polar surface area (TPSA) is 64.6 Å². The molecule has 0 saturated carbocycles. The maximum Gasteiger partial charge on any atom is 0.573 e. The molecule has 0 radical (unpaired) electrons. The van der Waals surface area contributed by atoms with Gasteiger partial charge in [0.05, 0.1) is 7.11 Å². The first kappa shape index (κ1) is 16.5. The van der Waals surface area contributed by atoms with Crippen LogP contribution in [0.3, 0.4) is 0 Å². The van der Waals surface area contributed by atoms with Gasteiger partial charge in [0.1, 0.15) is 11.4 Å². The highest BCUT2D eigenvalue weighted by Crippen LogP contribution is 2.23. The van der Waals surface area contributed by atoms with Gasteiger partial charge in [-0.1, -0.05) is 12.1 Å². The molecule has 114 valence electrons. The van der Waals surface area contributed by atoms with Crippen molar-refractivity contribution in [2.75, 3.05) is 7.11 Å². The van der Waals surface area contributed by atoms with Crippen molar-refractivity contribution in [1.82, 2.24) is 5.32 Å². The Morgan fingerprint density at radius 3 is 2.19 bits per heavy atom. The smallest absolute Gasteiger partial charge is 0.464 e. The average Bonchev–Trinajstić information content (AvgIpc) is 2.37. The van der Waals surface area contributed by atoms with E-state index in [2.05, 4.69) is 14.8 Å². The number of halogens is 3. The molecule has 0 aliphatic carbocycles. The van der Waals surface area contributed by atoms with E-state index in [1.165, 1.54) is 25.1 Å². The Bertz CT molecular complexity index is 550. The second-order valence-electron chi connectivity index (χ2n) is 3.85. The zero-order valence-corrected chi connectivity index (χ0v) is 11.2. The third kappa shape index (κ3) is 5.98. The molecule has 0 aliphatic rings. The van der Waals surface area contributed by atoms with Crippen LogP contribution < -0.4 is 10.1 Å². The Morgan fingerprint density at radius 2 is 1.76 bits per heavy atom. The lowest BCUT2D eigenvalue weighted by molar-refractivity contribution is -0.274. The van der Waals surface area contributed by atoms with Crippen molar-refractivity contribution in [1.29, 1.82) is 0 Å². The van der Waals surface area contributed by atoms with E-state index < -0.39 is 24.0 Å². The molecule has 0 spiro atoms. The monoisotopic (exact) mass is 303 g/mol.